The number of benzene rings is 1. The molecule has 0 spiro atoms. The van der Waals surface area contributed by atoms with E-state index in [4.69, 9.17) is 15.1 Å². The van der Waals surface area contributed by atoms with Crippen molar-refractivity contribution < 1.29 is 50.5 Å². The number of nitrogens with zero attached hydrogens (tertiary/aromatic N) is 3. The summed E-state index contributed by atoms with van der Waals surface area (Å²) < 4.78 is 84.2. The molecule has 1 amide bonds. The summed E-state index contributed by atoms with van der Waals surface area (Å²) in [6.07, 6.45) is -17.5. The zero-order valence-electron chi connectivity index (χ0n) is 16.2. The Balaban J connectivity index is 1.99. The van der Waals surface area contributed by atoms with Crippen LogP contribution in [-0.2, 0) is 16.1 Å². The second-order valence-electron chi connectivity index (χ2n) is 6.73. The first-order valence-electron chi connectivity index (χ1n) is 9.00. The minimum atomic E-state index is -5.79. The number of nitriles is 1. The highest BCUT2D eigenvalue weighted by Gasteiger charge is 2.60. The Morgan fingerprint density at radius 3 is 2.19 bits per heavy atom. The maximum atomic E-state index is 12.6. The van der Waals surface area contributed by atoms with E-state index in [1.807, 2.05) is 6.07 Å². The predicted octanol–water partition coefficient (Wildman–Crippen LogP) is 2.77. The van der Waals surface area contributed by atoms with Crippen LogP contribution in [-0.4, -0.2) is 78.2 Å². The normalized spacial score (nSPS) is 15.4. The Morgan fingerprint density at radius 2 is 1.69 bits per heavy atom. The fourth-order valence-electron chi connectivity index (χ4n) is 2.85. The monoisotopic (exact) mass is 469 g/mol. The van der Waals surface area contributed by atoms with Crippen LogP contribution in [0.5, 0.6) is 5.75 Å². The fourth-order valence-corrected chi connectivity index (χ4v) is 2.85. The number of alkyl halides is 6. The van der Waals surface area contributed by atoms with E-state index < -0.39 is 37.1 Å². The number of carboxylic acid groups (broad SMARTS) is 1. The van der Waals surface area contributed by atoms with E-state index in [0.29, 0.717) is 5.56 Å². The molecule has 176 valence electrons. The quantitative estimate of drug-likeness (QED) is 0.640. The van der Waals surface area contributed by atoms with Crippen molar-refractivity contribution in [1.29, 1.82) is 5.26 Å². The maximum Gasteiger partial charge on any atom is 0.434 e. The number of ether oxygens (including phenoxy) is 2. The Hall–Kier alpha value is -3.21. The number of piperazine rings is 1. The van der Waals surface area contributed by atoms with Gasteiger partial charge in [0.15, 0.2) is 6.61 Å². The lowest BCUT2D eigenvalue weighted by Gasteiger charge is -2.35. The van der Waals surface area contributed by atoms with Gasteiger partial charge in [-0.25, -0.2) is 9.59 Å². The van der Waals surface area contributed by atoms with Gasteiger partial charge >= 0.3 is 24.4 Å². The highest BCUT2D eigenvalue weighted by atomic mass is 19.4. The summed E-state index contributed by atoms with van der Waals surface area (Å²) in [6, 6.07) is 6.24. The first-order valence-corrected chi connectivity index (χ1v) is 9.00. The van der Waals surface area contributed by atoms with Gasteiger partial charge in [-0.2, -0.15) is 31.6 Å². The van der Waals surface area contributed by atoms with E-state index in [-0.39, 0.29) is 44.0 Å². The van der Waals surface area contributed by atoms with Crippen LogP contribution in [0.25, 0.3) is 0 Å². The molecule has 1 aromatic carbocycles. The number of amides is 1. The summed E-state index contributed by atoms with van der Waals surface area (Å²) >= 11 is 0. The van der Waals surface area contributed by atoms with Gasteiger partial charge in [-0.3, -0.25) is 4.90 Å². The molecule has 0 radical (unpaired) electrons. The zero-order valence-corrected chi connectivity index (χ0v) is 16.2. The number of carboxylic acids is 1. The molecule has 0 bridgehead atoms. The predicted molar refractivity (Wildman–Crippen MR) is 93.5 cm³/mol. The van der Waals surface area contributed by atoms with Gasteiger partial charge in [-0.15, -0.1) is 0 Å². The topological polar surface area (TPSA) is 103 Å². The third-order valence-electron chi connectivity index (χ3n) is 4.39. The molecule has 0 aromatic heterocycles. The molecule has 1 fully saturated rings. The van der Waals surface area contributed by atoms with Crippen LogP contribution in [0.3, 0.4) is 0 Å². The third kappa shape index (κ3) is 6.91. The number of hydrogen-bond acceptors (Lipinski definition) is 6. The number of rotatable bonds is 6. The lowest BCUT2D eigenvalue weighted by atomic mass is 10.1. The fraction of sp³-hybridized carbons (Fsp3) is 0.500. The lowest BCUT2D eigenvalue weighted by molar-refractivity contribution is -0.308. The molecule has 8 nitrogen and oxygen atoms in total. The molecule has 0 unspecified atom stereocenters. The van der Waals surface area contributed by atoms with Gasteiger partial charge in [-0.1, -0.05) is 6.07 Å². The van der Waals surface area contributed by atoms with Crippen molar-refractivity contribution in [2.45, 2.75) is 25.0 Å². The summed E-state index contributed by atoms with van der Waals surface area (Å²) in [7, 11) is 0. The van der Waals surface area contributed by atoms with Gasteiger partial charge < -0.3 is 19.5 Å². The van der Waals surface area contributed by atoms with E-state index in [1.54, 1.807) is 4.90 Å². The summed E-state index contributed by atoms with van der Waals surface area (Å²) in [4.78, 5) is 25.0. The molecule has 1 aliphatic heterocycles. The standard InChI is InChI=1S/C18H17F6N3O5/c19-17(20,21)15(18(22,23)24)32-16(30)27-5-3-26(4-6-27)9-12-2-1-11(8-25)7-13(12)31-10-14(28)29/h1-2,7,15H,3-6,9-10H2,(H,28,29). The highest BCUT2D eigenvalue weighted by Crippen LogP contribution is 2.36. The third-order valence-corrected chi connectivity index (χ3v) is 4.39. The Labute approximate surface area is 177 Å². The average molecular weight is 469 g/mol. The largest absolute Gasteiger partial charge is 0.482 e. The molecule has 1 heterocycles. The van der Waals surface area contributed by atoms with Crippen molar-refractivity contribution in [2.75, 3.05) is 32.8 Å². The summed E-state index contributed by atoms with van der Waals surface area (Å²) in [5, 5.41) is 17.7. The average Bonchev–Trinajstić information content (AvgIpc) is 2.69. The minimum Gasteiger partial charge on any atom is -0.482 e. The van der Waals surface area contributed by atoms with Crippen LogP contribution in [0.15, 0.2) is 18.2 Å². The van der Waals surface area contributed by atoms with Gasteiger partial charge in [0.25, 0.3) is 6.10 Å². The van der Waals surface area contributed by atoms with Crippen molar-refractivity contribution in [3.63, 3.8) is 0 Å². The maximum absolute atomic E-state index is 12.6. The summed E-state index contributed by atoms with van der Waals surface area (Å²) in [5.74, 6) is -1.09. The molecule has 32 heavy (non-hydrogen) atoms. The first kappa shape index (κ1) is 25.1. The number of aliphatic carboxylic acids is 1. The highest BCUT2D eigenvalue weighted by molar-refractivity contribution is 5.69. The molecule has 0 saturated carbocycles. The number of carbonyl (C=O) groups excluding carboxylic acids is 1. The van der Waals surface area contributed by atoms with Crippen LogP contribution in [0.2, 0.25) is 0 Å². The number of carbonyl (C=O) groups is 2. The van der Waals surface area contributed by atoms with Crippen LogP contribution in [0.4, 0.5) is 31.1 Å². The van der Waals surface area contributed by atoms with Crippen molar-refractivity contribution in [3.8, 4) is 11.8 Å². The van der Waals surface area contributed by atoms with Gasteiger partial charge in [-0.05, 0) is 12.1 Å². The second-order valence-corrected chi connectivity index (χ2v) is 6.73. The van der Waals surface area contributed by atoms with Crippen molar-refractivity contribution in [2.24, 2.45) is 0 Å². The Kier molecular flexibility index (Phi) is 7.78. The van der Waals surface area contributed by atoms with Gasteiger partial charge in [0.05, 0.1) is 11.6 Å². The van der Waals surface area contributed by atoms with E-state index in [9.17, 15) is 35.9 Å². The van der Waals surface area contributed by atoms with Gasteiger partial charge in [0, 0.05) is 38.3 Å². The second kappa shape index (κ2) is 9.94. The van der Waals surface area contributed by atoms with Crippen LogP contribution in [0, 0.1) is 11.3 Å². The molecule has 1 aromatic rings. The molecule has 1 aliphatic rings. The van der Waals surface area contributed by atoms with Gasteiger partial charge in [0.1, 0.15) is 5.75 Å². The van der Waals surface area contributed by atoms with E-state index >= 15 is 0 Å². The van der Waals surface area contributed by atoms with E-state index in [2.05, 4.69) is 4.74 Å². The van der Waals surface area contributed by atoms with E-state index in [0.717, 1.165) is 4.90 Å². The first-order chi connectivity index (χ1) is 14.8. The Bertz CT molecular complexity index is 861. The van der Waals surface area contributed by atoms with Crippen molar-refractivity contribution >= 4 is 12.1 Å². The molecule has 0 atom stereocenters. The molecular weight excluding hydrogens is 452 g/mol. The number of halogens is 6. The molecule has 14 heteroatoms. The van der Waals surface area contributed by atoms with Crippen molar-refractivity contribution in [3.05, 3.63) is 29.3 Å². The zero-order chi connectivity index (χ0) is 24.1. The molecule has 1 saturated heterocycles. The summed E-state index contributed by atoms with van der Waals surface area (Å²) in [5.41, 5.74) is 0.737. The molecule has 2 rings (SSSR count). The molecule has 1 N–H and O–H groups in total. The van der Waals surface area contributed by atoms with Crippen LogP contribution < -0.4 is 4.74 Å². The Morgan fingerprint density at radius 1 is 1.09 bits per heavy atom. The number of hydrogen-bond donors (Lipinski definition) is 1. The van der Waals surface area contributed by atoms with Crippen LogP contribution >= 0.6 is 0 Å². The molecule has 0 aliphatic carbocycles. The minimum absolute atomic E-state index is 0.0934. The van der Waals surface area contributed by atoms with E-state index in [1.165, 1.54) is 18.2 Å². The smallest absolute Gasteiger partial charge is 0.434 e. The SMILES string of the molecule is N#Cc1ccc(CN2CCN(C(=O)OC(C(F)(F)F)C(F)(F)F)CC2)c(OCC(=O)O)c1. The van der Waals surface area contributed by atoms with Crippen LogP contribution in [0.1, 0.15) is 11.1 Å². The van der Waals surface area contributed by atoms with Crippen molar-refractivity contribution in [1.82, 2.24) is 9.80 Å². The molecular formula is C18H17F6N3O5. The lowest BCUT2D eigenvalue weighted by Crippen LogP contribution is -2.52. The van der Waals surface area contributed by atoms with Gasteiger partial charge in [0.2, 0.25) is 0 Å². The summed E-state index contributed by atoms with van der Waals surface area (Å²) in [6.45, 7) is -0.670.